The van der Waals surface area contributed by atoms with E-state index in [1.165, 1.54) is 11.8 Å². The molecule has 5 heteroatoms. The van der Waals surface area contributed by atoms with Crippen molar-refractivity contribution in [2.75, 3.05) is 14.2 Å². The van der Waals surface area contributed by atoms with Crippen LogP contribution in [0.2, 0.25) is 0 Å². The van der Waals surface area contributed by atoms with E-state index in [0.29, 0.717) is 4.91 Å². The number of methoxy groups -OCH3 is 1. The average Bonchev–Trinajstić information content (AvgIpc) is 2.31. The van der Waals surface area contributed by atoms with Crippen molar-refractivity contribution in [2.24, 2.45) is 5.73 Å². The zero-order valence-corrected chi connectivity index (χ0v) is 8.27. The summed E-state index contributed by atoms with van der Waals surface area (Å²) in [5.41, 5.74) is 6.19. The Hall–Kier alpha value is -0.520. The number of ether oxygens (including phenoxy) is 1. The summed E-state index contributed by atoms with van der Waals surface area (Å²) < 4.78 is 4.25. The Morgan fingerprint density at radius 2 is 2.17 bits per heavy atom. The van der Waals surface area contributed by atoms with E-state index >= 15 is 0 Å². The Morgan fingerprint density at radius 1 is 1.67 bits per heavy atom. The first-order valence-electron chi connectivity index (χ1n) is 3.40. The molecule has 0 aromatic heterocycles. The largest absolute Gasteiger partial charge is 0.388 e. The van der Waals surface area contributed by atoms with E-state index in [9.17, 15) is 4.79 Å². The predicted molar refractivity (Wildman–Crippen MR) is 50.4 cm³/mol. The van der Waals surface area contributed by atoms with Crippen LogP contribution in [0.15, 0.2) is 10.6 Å². The Morgan fingerprint density at radius 3 is 2.33 bits per heavy atom. The van der Waals surface area contributed by atoms with Crippen molar-refractivity contribution in [3.8, 4) is 0 Å². The highest BCUT2D eigenvalue weighted by Crippen LogP contribution is 2.24. The number of allylic oxidation sites excluding steroid dienone is 2. The standard InChI is InChI=1S/C5H8N2OS.C2H6O/c1-3-4(2-8)9-5(6)7-3;1-3-2/h2,5,7H,6H2,1H3;1-2H3. The molecule has 0 bridgehead atoms. The van der Waals surface area contributed by atoms with Crippen molar-refractivity contribution in [1.82, 2.24) is 5.32 Å². The summed E-state index contributed by atoms with van der Waals surface area (Å²) in [6.45, 7) is 1.84. The molecule has 0 aliphatic carbocycles. The van der Waals surface area contributed by atoms with Crippen LogP contribution in [0.4, 0.5) is 0 Å². The van der Waals surface area contributed by atoms with Crippen molar-refractivity contribution >= 4 is 18.0 Å². The van der Waals surface area contributed by atoms with Gasteiger partial charge in [0, 0.05) is 19.9 Å². The minimum atomic E-state index is -0.134. The first-order chi connectivity index (χ1) is 5.65. The number of hydrogen-bond donors (Lipinski definition) is 2. The molecule has 1 heterocycles. The van der Waals surface area contributed by atoms with Crippen molar-refractivity contribution in [2.45, 2.75) is 12.4 Å². The highest BCUT2D eigenvalue weighted by molar-refractivity contribution is 8.04. The first-order valence-corrected chi connectivity index (χ1v) is 4.28. The molecule has 70 valence electrons. The van der Waals surface area contributed by atoms with Gasteiger partial charge in [0.25, 0.3) is 0 Å². The molecule has 0 aromatic rings. The zero-order chi connectivity index (χ0) is 9.56. The van der Waals surface area contributed by atoms with Gasteiger partial charge in [-0.1, -0.05) is 11.8 Å². The summed E-state index contributed by atoms with van der Waals surface area (Å²) >= 11 is 1.35. The lowest BCUT2D eigenvalue weighted by Gasteiger charge is -2.00. The quantitative estimate of drug-likeness (QED) is 0.581. The molecule has 0 saturated carbocycles. The van der Waals surface area contributed by atoms with Gasteiger partial charge in [0.05, 0.1) is 4.91 Å². The molecule has 12 heavy (non-hydrogen) atoms. The molecule has 1 unspecified atom stereocenters. The Kier molecular flexibility index (Phi) is 5.79. The third kappa shape index (κ3) is 3.75. The van der Waals surface area contributed by atoms with Gasteiger partial charge in [0.2, 0.25) is 0 Å². The van der Waals surface area contributed by atoms with Crippen molar-refractivity contribution in [3.63, 3.8) is 0 Å². The summed E-state index contributed by atoms with van der Waals surface area (Å²) in [4.78, 5) is 10.9. The third-order valence-corrected chi connectivity index (χ3v) is 2.12. The summed E-state index contributed by atoms with van der Waals surface area (Å²) in [5, 5.41) is 2.91. The highest BCUT2D eigenvalue weighted by atomic mass is 32.2. The highest BCUT2D eigenvalue weighted by Gasteiger charge is 2.16. The van der Waals surface area contributed by atoms with Gasteiger partial charge < -0.3 is 15.8 Å². The Labute approximate surface area is 76.5 Å². The molecule has 4 nitrogen and oxygen atoms in total. The van der Waals surface area contributed by atoms with Crippen LogP contribution in [0.1, 0.15) is 6.92 Å². The smallest absolute Gasteiger partial charge is 0.158 e. The second-order valence-electron chi connectivity index (χ2n) is 2.20. The normalized spacial score (nSPS) is 21.2. The maximum Gasteiger partial charge on any atom is 0.158 e. The number of carbonyl (C=O) groups is 1. The molecule has 1 aliphatic heterocycles. The SMILES string of the molecule is CC1=C(C=O)SC(N)N1.COC. The topological polar surface area (TPSA) is 64.4 Å². The lowest BCUT2D eigenvalue weighted by molar-refractivity contribution is -0.104. The fourth-order valence-corrected chi connectivity index (χ4v) is 1.46. The monoisotopic (exact) mass is 190 g/mol. The molecular formula is C7H14N2O2S. The van der Waals surface area contributed by atoms with Gasteiger partial charge in [0.1, 0.15) is 5.50 Å². The van der Waals surface area contributed by atoms with E-state index in [2.05, 4.69) is 10.1 Å². The first kappa shape index (κ1) is 11.5. The molecule has 1 aliphatic rings. The zero-order valence-electron chi connectivity index (χ0n) is 7.46. The molecule has 0 saturated heterocycles. The van der Waals surface area contributed by atoms with Gasteiger partial charge in [-0.2, -0.15) is 0 Å². The van der Waals surface area contributed by atoms with Crippen LogP contribution >= 0.6 is 11.8 Å². The second-order valence-corrected chi connectivity index (χ2v) is 3.38. The molecule has 0 amide bonds. The van der Waals surface area contributed by atoms with Crippen LogP contribution in [0.25, 0.3) is 0 Å². The second kappa shape index (κ2) is 6.05. The van der Waals surface area contributed by atoms with Gasteiger partial charge in [-0.15, -0.1) is 0 Å². The average molecular weight is 190 g/mol. The summed E-state index contributed by atoms with van der Waals surface area (Å²) in [5.74, 6) is 0. The maximum atomic E-state index is 10.2. The number of aldehydes is 1. The molecule has 1 atom stereocenters. The van der Waals surface area contributed by atoms with E-state index in [1.54, 1.807) is 14.2 Å². The summed E-state index contributed by atoms with van der Waals surface area (Å²) in [6, 6.07) is 0. The van der Waals surface area contributed by atoms with Gasteiger partial charge >= 0.3 is 0 Å². The number of hydrogen-bond acceptors (Lipinski definition) is 5. The van der Waals surface area contributed by atoms with E-state index in [1.807, 2.05) is 6.92 Å². The number of nitrogens with two attached hydrogens (primary N) is 1. The van der Waals surface area contributed by atoms with Crippen LogP contribution in [-0.4, -0.2) is 26.0 Å². The number of thioether (sulfide) groups is 1. The molecule has 0 radical (unpaired) electrons. The molecule has 0 aromatic carbocycles. The van der Waals surface area contributed by atoms with E-state index in [0.717, 1.165) is 12.0 Å². The maximum absolute atomic E-state index is 10.2. The Bertz CT molecular complexity index is 182. The molecule has 3 N–H and O–H groups in total. The van der Waals surface area contributed by atoms with Gasteiger partial charge in [-0.3, -0.25) is 4.79 Å². The lowest BCUT2D eigenvalue weighted by Crippen LogP contribution is -2.28. The van der Waals surface area contributed by atoms with Crippen LogP contribution in [-0.2, 0) is 9.53 Å². The molecular weight excluding hydrogens is 176 g/mol. The summed E-state index contributed by atoms with van der Waals surface area (Å²) in [6.07, 6.45) is 0.819. The van der Waals surface area contributed by atoms with E-state index in [-0.39, 0.29) is 5.50 Å². The summed E-state index contributed by atoms with van der Waals surface area (Å²) in [7, 11) is 3.25. The fourth-order valence-electron chi connectivity index (χ4n) is 0.655. The van der Waals surface area contributed by atoms with Crippen molar-refractivity contribution in [3.05, 3.63) is 10.6 Å². The number of nitrogens with one attached hydrogen (secondary N) is 1. The lowest BCUT2D eigenvalue weighted by atomic mass is 10.4. The minimum absolute atomic E-state index is 0.134. The van der Waals surface area contributed by atoms with Crippen LogP contribution in [0, 0.1) is 0 Å². The van der Waals surface area contributed by atoms with E-state index < -0.39 is 0 Å². The minimum Gasteiger partial charge on any atom is -0.388 e. The number of carbonyl (C=O) groups excluding carboxylic acids is 1. The van der Waals surface area contributed by atoms with Crippen LogP contribution < -0.4 is 11.1 Å². The van der Waals surface area contributed by atoms with Crippen LogP contribution in [0.3, 0.4) is 0 Å². The number of rotatable bonds is 1. The van der Waals surface area contributed by atoms with Crippen molar-refractivity contribution < 1.29 is 9.53 Å². The van der Waals surface area contributed by atoms with E-state index in [4.69, 9.17) is 5.73 Å². The van der Waals surface area contributed by atoms with Crippen LogP contribution in [0.5, 0.6) is 0 Å². The van der Waals surface area contributed by atoms with Crippen molar-refractivity contribution in [1.29, 1.82) is 0 Å². The van der Waals surface area contributed by atoms with Gasteiger partial charge in [-0.05, 0) is 6.92 Å². The third-order valence-electron chi connectivity index (χ3n) is 1.09. The molecule has 0 fully saturated rings. The van der Waals surface area contributed by atoms with Gasteiger partial charge in [-0.25, -0.2) is 0 Å². The fraction of sp³-hybridized carbons (Fsp3) is 0.571. The predicted octanol–water partition coefficient (Wildman–Crippen LogP) is 0.258. The molecule has 0 spiro atoms. The Balaban J connectivity index is 0.000000354. The van der Waals surface area contributed by atoms with Gasteiger partial charge in [0.15, 0.2) is 6.29 Å². The molecule has 1 rings (SSSR count).